The molecule has 17 heavy (non-hydrogen) atoms. The lowest BCUT2D eigenvalue weighted by molar-refractivity contribution is 0.588. The van der Waals surface area contributed by atoms with Crippen LogP contribution in [0.5, 0.6) is 0 Å². The highest BCUT2D eigenvalue weighted by atomic mass is 32.1. The Bertz CT molecular complexity index is 297. The second-order valence-electron chi connectivity index (χ2n) is 4.76. The first kappa shape index (κ1) is 14.6. The molecule has 0 saturated heterocycles. The van der Waals surface area contributed by atoms with Crippen molar-refractivity contribution in [2.24, 2.45) is 0 Å². The van der Waals surface area contributed by atoms with Crippen LogP contribution < -0.4 is 5.32 Å². The zero-order valence-corrected chi connectivity index (χ0v) is 12.1. The quantitative estimate of drug-likeness (QED) is 0.689. The fourth-order valence-corrected chi connectivity index (χ4v) is 2.55. The van der Waals surface area contributed by atoms with E-state index < -0.39 is 0 Å². The van der Waals surface area contributed by atoms with Crippen LogP contribution in [-0.2, 0) is 12.8 Å². The summed E-state index contributed by atoms with van der Waals surface area (Å²) < 4.78 is 0. The zero-order valence-electron chi connectivity index (χ0n) is 11.3. The maximum absolute atomic E-state index is 4.25. The first-order valence-corrected chi connectivity index (χ1v) is 7.58. The summed E-state index contributed by atoms with van der Waals surface area (Å²) in [6.45, 7) is 7.57. The number of aryl methyl sites for hydroxylation is 1. The molecule has 0 atom stereocenters. The lowest BCUT2D eigenvalue weighted by atomic mass is 10.2. The van der Waals surface area contributed by atoms with Gasteiger partial charge in [0.2, 0.25) is 0 Å². The Hall–Kier alpha value is -0.480. The molecule has 0 radical (unpaired) electrons. The lowest BCUT2D eigenvalue weighted by Gasteiger charge is -2.05. The SMILES string of the molecule is CCCCCCc1nnc(CCNC(C)C)s1. The summed E-state index contributed by atoms with van der Waals surface area (Å²) in [5, 5.41) is 14.3. The van der Waals surface area contributed by atoms with E-state index in [9.17, 15) is 0 Å². The van der Waals surface area contributed by atoms with Crippen molar-refractivity contribution in [2.75, 3.05) is 6.54 Å². The standard InChI is InChI=1S/C13H25N3S/c1-4-5-6-7-8-12-15-16-13(17-12)9-10-14-11(2)3/h11,14H,4-10H2,1-3H3. The van der Waals surface area contributed by atoms with Gasteiger partial charge in [-0.1, -0.05) is 40.0 Å². The van der Waals surface area contributed by atoms with Crippen LogP contribution in [0.4, 0.5) is 0 Å². The second kappa shape index (κ2) is 8.59. The third-order valence-electron chi connectivity index (χ3n) is 2.64. The molecule has 3 nitrogen and oxygen atoms in total. The Labute approximate surface area is 109 Å². The summed E-state index contributed by atoms with van der Waals surface area (Å²) in [4.78, 5) is 0. The van der Waals surface area contributed by atoms with E-state index in [0.29, 0.717) is 6.04 Å². The van der Waals surface area contributed by atoms with Crippen LogP contribution >= 0.6 is 11.3 Å². The molecule has 0 aliphatic heterocycles. The molecule has 1 N–H and O–H groups in total. The van der Waals surface area contributed by atoms with Crippen molar-refractivity contribution in [3.8, 4) is 0 Å². The van der Waals surface area contributed by atoms with E-state index in [1.165, 1.54) is 35.7 Å². The van der Waals surface area contributed by atoms with Crippen LogP contribution in [0, 0.1) is 0 Å². The molecule has 0 amide bonds. The number of aromatic nitrogens is 2. The van der Waals surface area contributed by atoms with Gasteiger partial charge in [0.15, 0.2) is 0 Å². The number of nitrogens with zero attached hydrogens (tertiary/aromatic N) is 2. The van der Waals surface area contributed by atoms with Crippen LogP contribution in [-0.4, -0.2) is 22.8 Å². The zero-order chi connectivity index (χ0) is 12.5. The van der Waals surface area contributed by atoms with Crippen molar-refractivity contribution in [2.45, 2.75) is 65.3 Å². The molecular weight excluding hydrogens is 230 g/mol. The highest BCUT2D eigenvalue weighted by Gasteiger charge is 2.04. The first-order valence-electron chi connectivity index (χ1n) is 6.77. The van der Waals surface area contributed by atoms with E-state index in [2.05, 4.69) is 36.3 Å². The fraction of sp³-hybridized carbons (Fsp3) is 0.846. The predicted molar refractivity (Wildman–Crippen MR) is 74.6 cm³/mol. The molecule has 0 fully saturated rings. The van der Waals surface area contributed by atoms with E-state index in [1.54, 1.807) is 11.3 Å². The third-order valence-corrected chi connectivity index (χ3v) is 3.69. The van der Waals surface area contributed by atoms with Crippen LogP contribution in [0.3, 0.4) is 0 Å². The Kier molecular flexibility index (Phi) is 7.37. The van der Waals surface area contributed by atoms with Crippen molar-refractivity contribution in [3.63, 3.8) is 0 Å². The Morgan fingerprint density at radius 2 is 1.76 bits per heavy atom. The van der Waals surface area contributed by atoms with Gasteiger partial charge < -0.3 is 5.32 Å². The summed E-state index contributed by atoms with van der Waals surface area (Å²) >= 11 is 1.78. The van der Waals surface area contributed by atoms with Gasteiger partial charge in [0.25, 0.3) is 0 Å². The molecule has 1 heterocycles. The normalized spacial score (nSPS) is 11.3. The maximum atomic E-state index is 4.25. The average molecular weight is 255 g/mol. The van der Waals surface area contributed by atoms with Gasteiger partial charge in [-0.2, -0.15) is 0 Å². The van der Waals surface area contributed by atoms with Crippen LogP contribution in [0.1, 0.15) is 56.5 Å². The predicted octanol–water partition coefficient (Wildman–Crippen LogP) is 3.20. The van der Waals surface area contributed by atoms with Crippen molar-refractivity contribution >= 4 is 11.3 Å². The van der Waals surface area contributed by atoms with Gasteiger partial charge in [0, 0.05) is 25.4 Å². The van der Waals surface area contributed by atoms with Crippen molar-refractivity contribution < 1.29 is 0 Å². The van der Waals surface area contributed by atoms with Crippen molar-refractivity contribution in [1.29, 1.82) is 0 Å². The number of hydrogen-bond acceptors (Lipinski definition) is 4. The van der Waals surface area contributed by atoms with Crippen LogP contribution in [0.15, 0.2) is 0 Å². The molecule has 0 saturated carbocycles. The summed E-state index contributed by atoms with van der Waals surface area (Å²) in [6, 6.07) is 0.552. The molecule has 1 aromatic rings. The number of nitrogens with one attached hydrogen (secondary N) is 1. The van der Waals surface area contributed by atoms with Gasteiger partial charge in [0.05, 0.1) is 0 Å². The van der Waals surface area contributed by atoms with E-state index >= 15 is 0 Å². The minimum absolute atomic E-state index is 0.552. The van der Waals surface area contributed by atoms with Gasteiger partial charge in [-0.3, -0.25) is 0 Å². The van der Waals surface area contributed by atoms with Gasteiger partial charge in [-0.05, 0) is 6.42 Å². The van der Waals surface area contributed by atoms with Crippen LogP contribution in [0.2, 0.25) is 0 Å². The van der Waals surface area contributed by atoms with E-state index in [-0.39, 0.29) is 0 Å². The van der Waals surface area contributed by atoms with Gasteiger partial charge in [-0.15, -0.1) is 21.5 Å². The molecule has 1 rings (SSSR count). The molecule has 0 aromatic carbocycles. The highest BCUT2D eigenvalue weighted by molar-refractivity contribution is 7.11. The second-order valence-corrected chi connectivity index (χ2v) is 5.91. The number of unbranched alkanes of at least 4 members (excludes halogenated alkanes) is 3. The average Bonchev–Trinajstić information content (AvgIpc) is 2.72. The van der Waals surface area contributed by atoms with Crippen LogP contribution in [0.25, 0.3) is 0 Å². The van der Waals surface area contributed by atoms with Crippen molar-refractivity contribution in [3.05, 3.63) is 10.0 Å². The van der Waals surface area contributed by atoms with Gasteiger partial charge >= 0.3 is 0 Å². The molecular formula is C13H25N3S. The first-order chi connectivity index (χ1) is 8.22. The minimum Gasteiger partial charge on any atom is -0.314 e. The summed E-state index contributed by atoms with van der Waals surface area (Å²) in [5.41, 5.74) is 0. The highest BCUT2D eigenvalue weighted by Crippen LogP contribution is 2.13. The molecule has 0 bridgehead atoms. The molecule has 0 spiro atoms. The Morgan fingerprint density at radius 1 is 1.06 bits per heavy atom. The maximum Gasteiger partial charge on any atom is 0.118 e. The fourth-order valence-electron chi connectivity index (χ4n) is 1.66. The molecule has 4 heteroatoms. The Balaban J connectivity index is 2.18. The molecule has 98 valence electrons. The Morgan fingerprint density at radius 3 is 2.41 bits per heavy atom. The lowest BCUT2D eigenvalue weighted by Crippen LogP contribution is -2.24. The van der Waals surface area contributed by atoms with E-state index in [4.69, 9.17) is 0 Å². The monoisotopic (exact) mass is 255 g/mol. The van der Waals surface area contributed by atoms with E-state index in [0.717, 1.165) is 19.4 Å². The van der Waals surface area contributed by atoms with E-state index in [1.807, 2.05) is 0 Å². The van der Waals surface area contributed by atoms with Gasteiger partial charge in [-0.25, -0.2) is 0 Å². The molecule has 0 aliphatic rings. The number of rotatable bonds is 9. The molecule has 0 aliphatic carbocycles. The van der Waals surface area contributed by atoms with Crippen molar-refractivity contribution in [1.82, 2.24) is 15.5 Å². The summed E-state index contributed by atoms with van der Waals surface area (Å²) in [7, 11) is 0. The number of hydrogen-bond donors (Lipinski definition) is 1. The summed E-state index contributed by atoms with van der Waals surface area (Å²) in [5.74, 6) is 0. The topological polar surface area (TPSA) is 37.8 Å². The smallest absolute Gasteiger partial charge is 0.118 e. The summed E-state index contributed by atoms with van der Waals surface area (Å²) in [6.07, 6.45) is 7.32. The third kappa shape index (κ3) is 6.74. The van der Waals surface area contributed by atoms with Gasteiger partial charge in [0.1, 0.15) is 10.0 Å². The minimum atomic E-state index is 0.552. The largest absolute Gasteiger partial charge is 0.314 e. The molecule has 1 aromatic heterocycles. The molecule has 0 unspecified atom stereocenters.